The Balaban J connectivity index is 1.32. The Morgan fingerprint density at radius 3 is 2.42 bits per heavy atom. The van der Waals surface area contributed by atoms with E-state index in [1.807, 2.05) is 36.4 Å². The Morgan fingerprint density at radius 2 is 1.69 bits per heavy atom. The van der Waals surface area contributed by atoms with Crippen molar-refractivity contribution in [2.24, 2.45) is 0 Å². The number of amides is 1. The summed E-state index contributed by atoms with van der Waals surface area (Å²) < 4.78 is 5.10. The van der Waals surface area contributed by atoms with Crippen LogP contribution in [0.4, 0.5) is 5.82 Å². The Morgan fingerprint density at radius 1 is 0.972 bits per heavy atom. The van der Waals surface area contributed by atoms with Crippen molar-refractivity contribution in [1.82, 2.24) is 15.4 Å². The van der Waals surface area contributed by atoms with E-state index in [0.717, 1.165) is 23.2 Å². The van der Waals surface area contributed by atoms with Gasteiger partial charge in [-0.25, -0.2) is 0 Å². The molecule has 1 fully saturated rings. The molecule has 2 heterocycles. The summed E-state index contributed by atoms with van der Waals surface area (Å²) in [6.07, 6.45) is 2.61. The summed E-state index contributed by atoms with van der Waals surface area (Å²) in [5.41, 5.74) is 5.71. The lowest BCUT2D eigenvalue weighted by Gasteiger charge is -2.20. The lowest BCUT2D eigenvalue weighted by atomic mass is 9.98. The zero-order valence-corrected chi connectivity index (χ0v) is 20.6. The van der Waals surface area contributed by atoms with Crippen LogP contribution in [0.15, 0.2) is 89.5 Å². The quantitative estimate of drug-likeness (QED) is 0.321. The van der Waals surface area contributed by atoms with E-state index < -0.39 is 6.04 Å². The molecule has 5 rings (SSSR count). The van der Waals surface area contributed by atoms with Crippen molar-refractivity contribution in [3.05, 3.63) is 107 Å². The number of anilines is 1. The fourth-order valence-electron chi connectivity index (χ4n) is 4.79. The third-order valence-corrected chi connectivity index (χ3v) is 6.66. The molecular weight excluding hydrogens is 448 g/mol. The monoisotopic (exact) mass is 480 g/mol. The number of nitrogens with zero attached hydrogens (tertiary/aromatic N) is 2. The highest BCUT2D eigenvalue weighted by Gasteiger charge is 2.22. The highest BCUT2D eigenvalue weighted by Crippen LogP contribution is 2.26. The second-order valence-corrected chi connectivity index (χ2v) is 9.37. The van der Waals surface area contributed by atoms with Crippen LogP contribution in [-0.2, 0) is 17.9 Å². The predicted octanol–water partition coefficient (Wildman–Crippen LogP) is 5.72. The van der Waals surface area contributed by atoms with Crippen LogP contribution in [0.25, 0.3) is 11.1 Å². The van der Waals surface area contributed by atoms with Crippen LogP contribution in [0.1, 0.15) is 41.3 Å². The van der Waals surface area contributed by atoms with Gasteiger partial charge in [-0.1, -0.05) is 84.0 Å². The van der Waals surface area contributed by atoms with Crippen molar-refractivity contribution in [2.45, 2.75) is 38.9 Å². The molecule has 36 heavy (non-hydrogen) atoms. The third kappa shape index (κ3) is 5.90. The maximum absolute atomic E-state index is 13.2. The number of carbonyl (C=O) groups excluding carboxylic acids is 1. The first-order valence-corrected chi connectivity index (χ1v) is 12.6. The molecule has 0 aliphatic carbocycles. The molecule has 1 unspecified atom stereocenters. The zero-order chi connectivity index (χ0) is 24.7. The van der Waals surface area contributed by atoms with Crippen LogP contribution >= 0.6 is 0 Å². The summed E-state index contributed by atoms with van der Waals surface area (Å²) in [6, 6.07) is 28.1. The van der Waals surface area contributed by atoms with Crippen LogP contribution in [0.2, 0.25) is 0 Å². The molecule has 0 radical (unpaired) electrons. The molecule has 6 nitrogen and oxygen atoms in total. The second kappa shape index (κ2) is 11.3. The van der Waals surface area contributed by atoms with Gasteiger partial charge in [-0.15, -0.1) is 0 Å². The number of aryl methyl sites for hydroxylation is 1. The molecule has 3 aromatic carbocycles. The molecule has 184 valence electrons. The van der Waals surface area contributed by atoms with E-state index >= 15 is 0 Å². The van der Waals surface area contributed by atoms with Gasteiger partial charge in [0.2, 0.25) is 5.91 Å². The van der Waals surface area contributed by atoms with Crippen molar-refractivity contribution >= 4 is 11.7 Å². The van der Waals surface area contributed by atoms with E-state index in [-0.39, 0.29) is 5.91 Å². The molecular formula is C30H32N4O2. The van der Waals surface area contributed by atoms with Gasteiger partial charge in [0, 0.05) is 19.2 Å². The van der Waals surface area contributed by atoms with Gasteiger partial charge in [0.1, 0.15) is 11.8 Å². The van der Waals surface area contributed by atoms with E-state index in [0.29, 0.717) is 18.1 Å². The number of aromatic nitrogens is 1. The van der Waals surface area contributed by atoms with Crippen LogP contribution in [0.3, 0.4) is 0 Å². The first-order valence-electron chi connectivity index (χ1n) is 12.6. The van der Waals surface area contributed by atoms with Gasteiger partial charge in [-0.05, 0) is 60.7 Å². The number of hydrogen-bond donors (Lipinski definition) is 2. The Labute approximate surface area is 212 Å². The summed E-state index contributed by atoms with van der Waals surface area (Å²) in [6.45, 7) is 5.75. The second-order valence-electron chi connectivity index (χ2n) is 9.37. The fourth-order valence-corrected chi connectivity index (χ4v) is 4.79. The normalized spacial score (nSPS) is 14.6. The molecule has 2 N–H and O–H groups in total. The van der Waals surface area contributed by atoms with Crippen molar-refractivity contribution < 1.29 is 9.32 Å². The largest absolute Gasteiger partial charge is 0.360 e. The lowest BCUT2D eigenvalue weighted by molar-refractivity contribution is -0.118. The molecule has 4 aromatic rings. The predicted molar refractivity (Wildman–Crippen MR) is 142 cm³/mol. The molecule has 1 atom stereocenters. The van der Waals surface area contributed by atoms with E-state index in [2.05, 4.69) is 63.2 Å². The molecule has 0 saturated carbocycles. The van der Waals surface area contributed by atoms with E-state index in [4.69, 9.17) is 4.52 Å². The average Bonchev–Trinajstić information content (AvgIpc) is 3.57. The molecule has 0 bridgehead atoms. The van der Waals surface area contributed by atoms with E-state index in [1.165, 1.54) is 37.1 Å². The van der Waals surface area contributed by atoms with Gasteiger partial charge in [0.15, 0.2) is 5.82 Å². The molecule has 1 saturated heterocycles. The third-order valence-electron chi connectivity index (χ3n) is 6.66. The van der Waals surface area contributed by atoms with Gasteiger partial charge in [0.05, 0.1) is 0 Å². The van der Waals surface area contributed by atoms with E-state index in [1.54, 1.807) is 13.0 Å². The number of hydrogen-bond acceptors (Lipinski definition) is 5. The van der Waals surface area contributed by atoms with Crippen molar-refractivity contribution in [3.63, 3.8) is 0 Å². The molecule has 6 heteroatoms. The minimum absolute atomic E-state index is 0.182. The standard InChI is InChI=1S/C30H32N4O2/c1-22-19-28(33-36-22)32-30(35)29(25-9-3-2-4-10-25)31-20-26-11-5-6-12-27(26)24-15-13-23(14-16-24)21-34-17-7-8-18-34/h2-6,9-16,19,29,31H,7-8,17-18,20-21H2,1H3,(H,32,33,35). The fraction of sp³-hybridized carbons (Fsp3) is 0.267. The molecule has 0 spiro atoms. The van der Waals surface area contributed by atoms with Gasteiger partial charge in [-0.2, -0.15) is 0 Å². The van der Waals surface area contributed by atoms with Crippen molar-refractivity contribution in [3.8, 4) is 11.1 Å². The zero-order valence-electron chi connectivity index (χ0n) is 20.6. The Hall–Kier alpha value is -3.74. The number of nitrogens with one attached hydrogen (secondary N) is 2. The molecule has 1 aromatic heterocycles. The first kappa shape index (κ1) is 24.0. The number of likely N-dealkylation sites (tertiary alicyclic amines) is 1. The SMILES string of the molecule is Cc1cc(NC(=O)C(NCc2ccccc2-c2ccc(CN3CCCC3)cc2)c2ccccc2)no1. The maximum atomic E-state index is 13.2. The van der Waals surface area contributed by atoms with Crippen LogP contribution < -0.4 is 10.6 Å². The Bertz CT molecular complexity index is 1280. The van der Waals surface area contributed by atoms with Gasteiger partial charge in [0.25, 0.3) is 0 Å². The van der Waals surface area contributed by atoms with Gasteiger partial charge >= 0.3 is 0 Å². The number of carbonyl (C=O) groups is 1. The van der Waals surface area contributed by atoms with E-state index in [9.17, 15) is 4.79 Å². The number of rotatable bonds is 9. The number of benzene rings is 3. The average molecular weight is 481 g/mol. The van der Waals surface area contributed by atoms with Crippen molar-refractivity contribution in [1.29, 1.82) is 0 Å². The van der Waals surface area contributed by atoms with Gasteiger partial charge in [-0.3, -0.25) is 15.0 Å². The molecule has 1 aliphatic heterocycles. The minimum atomic E-state index is -0.543. The topological polar surface area (TPSA) is 70.4 Å². The lowest BCUT2D eigenvalue weighted by Crippen LogP contribution is -2.33. The Kier molecular flexibility index (Phi) is 7.55. The summed E-state index contributed by atoms with van der Waals surface area (Å²) >= 11 is 0. The maximum Gasteiger partial charge on any atom is 0.247 e. The molecule has 1 amide bonds. The summed E-state index contributed by atoms with van der Waals surface area (Å²) in [4.78, 5) is 15.7. The summed E-state index contributed by atoms with van der Waals surface area (Å²) in [5, 5.41) is 10.2. The molecule has 1 aliphatic rings. The highest BCUT2D eigenvalue weighted by atomic mass is 16.5. The van der Waals surface area contributed by atoms with Crippen molar-refractivity contribution in [2.75, 3.05) is 18.4 Å². The van der Waals surface area contributed by atoms with Crippen LogP contribution in [0.5, 0.6) is 0 Å². The smallest absolute Gasteiger partial charge is 0.247 e. The highest BCUT2D eigenvalue weighted by molar-refractivity contribution is 5.94. The summed E-state index contributed by atoms with van der Waals surface area (Å²) in [5.74, 6) is 0.878. The summed E-state index contributed by atoms with van der Waals surface area (Å²) in [7, 11) is 0. The van der Waals surface area contributed by atoms with Crippen LogP contribution in [0, 0.1) is 6.92 Å². The first-order chi connectivity index (χ1) is 17.7. The van der Waals surface area contributed by atoms with Crippen LogP contribution in [-0.4, -0.2) is 29.1 Å². The van der Waals surface area contributed by atoms with Gasteiger partial charge < -0.3 is 9.84 Å². The minimum Gasteiger partial charge on any atom is -0.360 e.